The predicted molar refractivity (Wildman–Crippen MR) is 115 cm³/mol. The van der Waals surface area contributed by atoms with Crippen molar-refractivity contribution in [1.82, 2.24) is 0 Å². The Morgan fingerprint density at radius 3 is 2.45 bits per heavy atom. The molecule has 144 valence electrons. The third-order valence-electron chi connectivity index (χ3n) is 4.81. The smallest absolute Gasteiger partial charge is 0.339 e. The van der Waals surface area contributed by atoms with Crippen molar-refractivity contribution >= 4 is 22.4 Å². The highest BCUT2D eigenvalue weighted by atomic mass is 16.5. The molecule has 0 radical (unpaired) electrons. The maximum Gasteiger partial charge on any atom is 0.339 e. The number of carbonyl (C=O) groups is 1. The molecule has 0 spiro atoms. The van der Waals surface area contributed by atoms with Gasteiger partial charge >= 0.3 is 5.97 Å². The Balaban J connectivity index is 1.55. The minimum Gasteiger partial charge on any atom is -0.488 e. The van der Waals surface area contributed by atoms with Crippen molar-refractivity contribution in [2.24, 2.45) is 0 Å². The SMILES string of the molecule is O=C(O)c1ccc(NCc2ccccc2)cc1OCc1cccc2ccccc12. The van der Waals surface area contributed by atoms with Crippen LogP contribution < -0.4 is 10.1 Å². The minimum absolute atomic E-state index is 0.149. The van der Waals surface area contributed by atoms with E-state index in [1.165, 1.54) is 0 Å². The quantitative estimate of drug-likeness (QED) is 0.428. The molecule has 4 aromatic carbocycles. The fourth-order valence-electron chi connectivity index (χ4n) is 3.30. The normalized spacial score (nSPS) is 10.6. The second-order valence-electron chi connectivity index (χ2n) is 6.78. The monoisotopic (exact) mass is 383 g/mol. The maximum atomic E-state index is 11.6. The van der Waals surface area contributed by atoms with E-state index in [-0.39, 0.29) is 5.56 Å². The number of carboxylic acids is 1. The maximum absolute atomic E-state index is 11.6. The molecular formula is C25H21NO3. The van der Waals surface area contributed by atoms with Crippen LogP contribution in [0, 0.1) is 0 Å². The van der Waals surface area contributed by atoms with Crippen LogP contribution in [-0.4, -0.2) is 11.1 Å². The van der Waals surface area contributed by atoms with Crippen LogP contribution in [0.5, 0.6) is 5.75 Å². The number of carboxylic acid groups (broad SMARTS) is 1. The van der Waals surface area contributed by atoms with Gasteiger partial charge in [-0.05, 0) is 34.0 Å². The second-order valence-corrected chi connectivity index (χ2v) is 6.78. The average Bonchev–Trinajstić information content (AvgIpc) is 2.77. The molecule has 4 heteroatoms. The molecule has 0 atom stereocenters. The van der Waals surface area contributed by atoms with Gasteiger partial charge in [-0.25, -0.2) is 4.79 Å². The number of benzene rings is 4. The fraction of sp³-hybridized carbons (Fsp3) is 0.0800. The van der Waals surface area contributed by atoms with Gasteiger partial charge in [0.25, 0.3) is 0 Å². The van der Waals surface area contributed by atoms with Gasteiger partial charge in [-0.2, -0.15) is 0 Å². The number of fused-ring (bicyclic) bond motifs is 1. The van der Waals surface area contributed by atoms with Crippen LogP contribution in [0.2, 0.25) is 0 Å². The number of ether oxygens (including phenoxy) is 1. The van der Waals surface area contributed by atoms with Gasteiger partial charge < -0.3 is 15.2 Å². The highest BCUT2D eigenvalue weighted by Gasteiger charge is 2.13. The van der Waals surface area contributed by atoms with E-state index in [1.54, 1.807) is 18.2 Å². The number of aromatic carboxylic acids is 1. The van der Waals surface area contributed by atoms with E-state index in [2.05, 4.69) is 17.4 Å². The number of rotatable bonds is 7. The summed E-state index contributed by atoms with van der Waals surface area (Å²) in [7, 11) is 0. The first-order chi connectivity index (χ1) is 14.2. The Labute approximate surface area is 169 Å². The highest BCUT2D eigenvalue weighted by Crippen LogP contribution is 2.26. The van der Waals surface area contributed by atoms with E-state index in [9.17, 15) is 9.90 Å². The zero-order chi connectivity index (χ0) is 20.1. The van der Waals surface area contributed by atoms with Gasteiger partial charge in [0.15, 0.2) is 0 Å². The van der Waals surface area contributed by atoms with E-state index in [0.717, 1.165) is 27.6 Å². The summed E-state index contributed by atoms with van der Waals surface area (Å²) in [5.74, 6) is -0.656. The first-order valence-corrected chi connectivity index (χ1v) is 9.45. The third-order valence-corrected chi connectivity index (χ3v) is 4.81. The van der Waals surface area contributed by atoms with Gasteiger partial charge in [-0.15, -0.1) is 0 Å². The molecule has 2 N–H and O–H groups in total. The van der Waals surface area contributed by atoms with Crippen molar-refractivity contribution in [2.45, 2.75) is 13.2 Å². The topological polar surface area (TPSA) is 58.6 Å². The van der Waals surface area contributed by atoms with Gasteiger partial charge in [-0.3, -0.25) is 0 Å². The van der Waals surface area contributed by atoms with Crippen LogP contribution in [0.15, 0.2) is 91.0 Å². The van der Waals surface area contributed by atoms with Crippen molar-refractivity contribution < 1.29 is 14.6 Å². The second kappa shape index (κ2) is 8.48. The lowest BCUT2D eigenvalue weighted by Crippen LogP contribution is -2.06. The Morgan fingerprint density at radius 2 is 1.62 bits per heavy atom. The summed E-state index contributed by atoms with van der Waals surface area (Å²) < 4.78 is 5.96. The van der Waals surface area contributed by atoms with E-state index in [4.69, 9.17) is 4.74 Å². The van der Waals surface area contributed by atoms with Gasteiger partial charge in [0, 0.05) is 18.3 Å². The van der Waals surface area contributed by atoms with Crippen LogP contribution in [0.4, 0.5) is 5.69 Å². The van der Waals surface area contributed by atoms with Crippen molar-refractivity contribution in [2.75, 3.05) is 5.32 Å². The summed E-state index contributed by atoms with van der Waals surface area (Å²) in [6.45, 7) is 0.944. The summed E-state index contributed by atoms with van der Waals surface area (Å²) in [5.41, 5.74) is 3.12. The molecule has 0 saturated heterocycles. The largest absolute Gasteiger partial charge is 0.488 e. The first kappa shape index (κ1) is 18.6. The molecule has 0 bridgehead atoms. The van der Waals surface area contributed by atoms with Gasteiger partial charge in [0.05, 0.1) is 0 Å². The van der Waals surface area contributed by atoms with Crippen molar-refractivity contribution in [3.05, 3.63) is 108 Å². The lowest BCUT2D eigenvalue weighted by molar-refractivity contribution is 0.0692. The number of hydrogen-bond acceptors (Lipinski definition) is 3. The number of hydrogen-bond donors (Lipinski definition) is 2. The van der Waals surface area contributed by atoms with Crippen LogP contribution in [0.1, 0.15) is 21.5 Å². The number of nitrogens with one attached hydrogen (secondary N) is 1. The van der Waals surface area contributed by atoms with E-state index < -0.39 is 5.97 Å². The summed E-state index contributed by atoms with van der Waals surface area (Å²) in [4.78, 5) is 11.6. The molecule has 4 rings (SSSR count). The molecule has 4 nitrogen and oxygen atoms in total. The highest BCUT2D eigenvalue weighted by molar-refractivity contribution is 5.91. The number of anilines is 1. The van der Waals surface area contributed by atoms with Crippen molar-refractivity contribution in [1.29, 1.82) is 0 Å². The Bertz CT molecular complexity index is 1130. The fourth-order valence-corrected chi connectivity index (χ4v) is 3.30. The molecule has 0 aliphatic rings. The molecule has 0 unspecified atom stereocenters. The summed E-state index contributed by atoms with van der Waals surface area (Å²) in [6.07, 6.45) is 0. The Hall–Kier alpha value is -3.79. The van der Waals surface area contributed by atoms with Gasteiger partial charge in [0.2, 0.25) is 0 Å². The van der Waals surface area contributed by atoms with Crippen LogP contribution in [0.25, 0.3) is 10.8 Å². The standard InChI is InChI=1S/C25H21NO3/c27-25(28)23-14-13-21(26-16-18-7-2-1-3-8-18)15-24(23)29-17-20-11-6-10-19-9-4-5-12-22(19)20/h1-15,26H,16-17H2,(H,27,28). The molecule has 0 aliphatic heterocycles. The molecule has 0 heterocycles. The summed E-state index contributed by atoms with van der Waals surface area (Å²) >= 11 is 0. The van der Waals surface area contributed by atoms with Gasteiger partial charge in [0.1, 0.15) is 17.9 Å². The van der Waals surface area contributed by atoms with E-state index >= 15 is 0 Å². The van der Waals surface area contributed by atoms with Crippen LogP contribution >= 0.6 is 0 Å². The molecule has 0 aliphatic carbocycles. The Kier molecular flexibility index (Phi) is 5.43. The summed E-state index contributed by atoms with van der Waals surface area (Å²) in [5, 5.41) is 15.1. The average molecular weight is 383 g/mol. The lowest BCUT2D eigenvalue weighted by atomic mass is 10.1. The van der Waals surface area contributed by atoms with E-state index in [1.807, 2.05) is 60.7 Å². The van der Waals surface area contributed by atoms with Crippen molar-refractivity contribution in [3.8, 4) is 5.75 Å². The Morgan fingerprint density at radius 1 is 0.862 bits per heavy atom. The summed E-state index contributed by atoms with van der Waals surface area (Å²) in [6, 6.07) is 29.2. The zero-order valence-corrected chi connectivity index (χ0v) is 15.8. The van der Waals surface area contributed by atoms with E-state index in [0.29, 0.717) is 18.9 Å². The molecule has 0 amide bonds. The molecule has 0 fully saturated rings. The molecule has 4 aromatic rings. The van der Waals surface area contributed by atoms with Gasteiger partial charge in [-0.1, -0.05) is 72.8 Å². The zero-order valence-electron chi connectivity index (χ0n) is 15.8. The molecular weight excluding hydrogens is 362 g/mol. The molecule has 0 aromatic heterocycles. The lowest BCUT2D eigenvalue weighted by Gasteiger charge is -2.14. The third kappa shape index (κ3) is 4.38. The first-order valence-electron chi connectivity index (χ1n) is 9.45. The van der Waals surface area contributed by atoms with Crippen LogP contribution in [-0.2, 0) is 13.2 Å². The molecule has 29 heavy (non-hydrogen) atoms. The molecule has 0 saturated carbocycles. The predicted octanol–water partition coefficient (Wildman–Crippen LogP) is 5.73. The van der Waals surface area contributed by atoms with Crippen LogP contribution in [0.3, 0.4) is 0 Å². The van der Waals surface area contributed by atoms with Crippen molar-refractivity contribution in [3.63, 3.8) is 0 Å². The minimum atomic E-state index is -1.01.